The van der Waals surface area contributed by atoms with E-state index < -0.39 is 0 Å². The summed E-state index contributed by atoms with van der Waals surface area (Å²) in [7, 11) is 0. The van der Waals surface area contributed by atoms with Crippen LogP contribution in [0.25, 0.3) is 77.5 Å². The van der Waals surface area contributed by atoms with Crippen molar-refractivity contribution < 1.29 is 0 Å². The minimum absolute atomic E-state index is 1.23. The second-order valence-electron chi connectivity index (χ2n) is 10.4. The van der Waals surface area contributed by atoms with Crippen LogP contribution in [0.2, 0.25) is 0 Å². The van der Waals surface area contributed by atoms with Gasteiger partial charge in [0.15, 0.2) is 0 Å². The zero-order chi connectivity index (χ0) is 26.5. The highest BCUT2D eigenvalue weighted by molar-refractivity contribution is 6.19. The Kier molecular flexibility index (Phi) is 5.24. The van der Waals surface area contributed by atoms with E-state index in [0.717, 1.165) is 0 Å². The lowest BCUT2D eigenvalue weighted by Crippen LogP contribution is -1.92. The van der Waals surface area contributed by atoms with Gasteiger partial charge in [-0.2, -0.15) is 0 Å². The van der Waals surface area contributed by atoms with Crippen molar-refractivity contribution in [1.82, 2.24) is 0 Å². The summed E-state index contributed by atoms with van der Waals surface area (Å²) >= 11 is 0. The van der Waals surface area contributed by atoms with Crippen LogP contribution in [0.1, 0.15) is 0 Å². The minimum atomic E-state index is 1.23. The minimum Gasteiger partial charge on any atom is -0.0622 e. The Morgan fingerprint density at radius 1 is 0.200 bits per heavy atom. The van der Waals surface area contributed by atoms with Crippen LogP contribution in [0.4, 0.5) is 0 Å². The molecule has 0 atom stereocenters. The van der Waals surface area contributed by atoms with E-state index in [1.807, 2.05) is 0 Å². The molecule has 0 radical (unpaired) electrons. The maximum atomic E-state index is 2.32. The van der Waals surface area contributed by atoms with E-state index in [2.05, 4.69) is 158 Å². The van der Waals surface area contributed by atoms with Gasteiger partial charge in [-0.1, -0.05) is 158 Å². The van der Waals surface area contributed by atoms with Crippen LogP contribution in [0.15, 0.2) is 158 Å². The first-order chi connectivity index (χ1) is 19.9. The zero-order valence-electron chi connectivity index (χ0n) is 22.0. The summed E-state index contributed by atoms with van der Waals surface area (Å²) in [5, 5.41) is 2.67. The molecule has 40 heavy (non-hydrogen) atoms. The van der Waals surface area contributed by atoms with Gasteiger partial charge in [0.05, 0.1) is 0 Å². The maximum absolute atomic E-state index is 2.32. The van der Waals surface area contributed by atoms with Crippen molar-refractivity contribution in [1.29, 1.82) is 0 Å². The first-order valence-electron chi connectivity index (χ1n) is 13.9. The fourth-order valence-corrected chi connectivity index (χ4v) is 6.54. The third kappa shape index (κ3) is 3.47. The molecule has 0 bridgehead atoms. The Hall–Kier alpha value is -5.20. The summed E-state index contributed by atoms with van der Waals surface area (Å²) in [4.78, 5) is 0. The van der Waals surface area contributed by atoms with Gasteiger partial charge < -0.3 is 0 Å². The molecule has 0 heterocycles. The molecule has 0 unspecified atom stereocenters. The lowest BCUT2D eigenvalue weighted by atomic mass is 9.85. The van der Waals surface area contributed by atoms with E-state index in [1.54, 1.807) is 0 Å². The smallest absolute Gasteiger partial charge is 0.00201 e. The Labute approximate surface area is 234 Å². The summed E-state index contributed by atoms with van der Waals surface area (Å²) < 4.78 is 0. The van der Waals surface area contributed by atoms with Gasteiger partial charge in [0.2, 0.25) is 0 Å². The van der Waals surface area contributed by atoms with Crippen molar-refractivity contribution in [3.63, 3.8) is 0 Å². The van der Waals surface area contributed by atoms with Crippen molar-refractivity contribution in [3.8, 4) is 66.8 Å². The molecule has 7 aromatic rings. The van der Waals surface area contributed by atoms with Crippen molar-refractivity contribution in [2.75, 3.05) is 0 Å². The number of hydrogen-bond donors (Lipinski definition) is 0. The monoisotopic (exact) mass is 506 g/mol. The van der Waals surface area contributed by atoms with Crippen molar-refractivity contribution >= 4 is 10.8 Å². The van der Waals surface area contributed by atoms with E-state index >= 15 is 0 Å². The average Bonchev–Trinajstić information content (AvgIpc) is 3.37. The molecule has 0 nitrogen and oxygen atoms in total. The summed E-state index contributed by atoms with van der Waals surface area (Å²) in [6, 6.07) is 57.4. The first kappa shape index (κ1) is 22.8. The third-order valence-electron chi connectivity index (χ3n) is 8.28. The van der Waals surface area contributed by atoms with Gasteiger partial charge >= 0.3 is 0 Å². The molecule has 0 saturated carbocycles. The van der Waals surface area contributed by atoms with Crippen LogP contribution in [0.3, 0.4) is 0 Å². The van der Waals surface area contributed by atoms with E-state index in [9.17, 15) is 0 Å². The number of rotatable bonds is 4. The maximum Gasteiger partial charge on any atom is -0.00201 e. The molecule has 1 aliphatic carbocycles. The number of benzene rings is 7. The van der Waals surface area contributed by atoms with Crippen LogP contribution >= 0.6 is 0 Å². The van der Waals surface area contributed by atoms with Crippen molar-refractivity contribution in [2.45, 2.75) is 0 Å². The van der Waals surface area contributed by atoms with Crippen LogP contribution < -0.4 is 0 Å². The SMILES string of the molecule is c1ccc(-c2ccccc2-c2ccccc2-c2ccccc2-c2ccc3c4c(cccc24)-c2ccccc2-3)cc1. The largest absolute Gasteiger partial charge is 0.0622 e. The zero-order valence-corrected chi connectivity index (χ0v) is 22.0. The van der Waals surface area contributed by atoms with Crippen LogP contribution in [-0.4, -0.2) is 0 Å². The first-order valence-corrected chi connectivity index (χ1v) is 13.9. The van der Waals surface area contributed by atoms with Gasteiger partial charge in [-0.15, -0.1) is 0 Å². The van der Waals surface area contributed by atoms with Crippen molar-refractivity contribution in [3.05, 3.63) is 158 Å². The van der Waals surface area contributed by atoms with E-state index in [1.165, 1.54) is 77.5 Å². The fourth-order valence-electron chi connectivity index (χ4n) is 6.54. The molecule has 7 aromatic carbocycles. The van der Waals surface area contributed by atoms with Crippen molar-refractivity contribution in [2.24, 2.45) is 0 Å². The second kappa shape index (κ2) is 9.22. The number of fused-ring (bicyclic) bond motifs is 3. The lowest BCUT2D eigenvalue weighted by Gasteiger charge is -2.18. The van der Waals surface area contributed by atoms with Gasteiger partial charge in [-0.3, -0.25) is 0 Å². The average molecular weight is 507 g/mol. The molecule has 0 aliphatic heterocycles. The topological polar surface area (TPSA) is 0 Å². The van der Waals surface area contributed by atoms with Crippen LogP contribution in [-0.2, 0) is 0 Å². The predicted molar refractivity (Wildman–Crippen MR) is 170 cm³/mol. The Morgan fingerprint density at radius 3 is 1.10 bits per heavy atom. The Morgan fingerprint density at radius 2 is 0.550 bits per heavy atom. The highest BCUT2D eigenvalue weighted by Gasteiger charge is 2.23. The standard InChI is InChI=1S/C40H26/c1-2-13-27(14-3-1)28-15-4-5-16-29(28)30-17-6-7-18-31(30)32-19-8-9-20-33(32)36-25-26-39-35-22-11-10-21-34(35)37-23-12-24-38(36)40(37)39/h1-26H. The summed E-state index contributed by atoms with van der Waals surface area (Å²) in [5.41, 5.74) is 15.3. The molecule has 8 rings (SSSR count). The molecule has 186 valence electrons. The molecular formula is C40H26. The molecule has 0 spiro atoms. The van der Waals surface area contributed by atoms with Crippen LogP contribution in [0, 0.1) is 0 Å². The highest BCUT2D eigenvalue weighted by Crippen LogP contribution is 2.50. The summed E-state index contributed by atoms with van der Waals surface area (Å²) in [5.74, 6) is 0. The molecule has 0 N–H and O–H groups in total. The van der Waals surface area contributed by atoms with Gasteiger partial charge in [-0.05, 0) is 77.5 Å². The number of hydrogen-bond acceptors (Lipinski definition) is 0. The Bertz CT molecular complexity index is 2020. The molecule has 0 fully saturated rings. The molecule has 0 aromatic heterocycles. The van der Waals surface area contributed by atoms with Gasteiger partial charge in [-0.25, -0.2) is 0 Å². The van der Waals surface area contributed by atoms with E-state index in [-0.39, 0.29) is 0 Å². The van der Waals surface area contributed by atoms with E-state index in [0.29, 0.717) is 0 Å². The summed E-state index contributed by atoms with van der Waals surface area (Å²) in [6.45, 7) is 0. The quantitative estimate of drug-likeness (QED) is 0.223. The van der Waals surface area contributed by atoms with Gasteiger partial charge in [0.1, 0.15) is 0 Å². The third-order valence-corrected chi connectivity index (χ3v) is 8.28. The molecule has 1 aliphatic rings. The van der Waals surface area contributed by atoms with Gasteiger partial charge in [0, 0.05) is 0 Å². The van der Waals surface area contributed by atoms with Crippen LogP contribution in [0.5, 0.6) is 0 Å². The fraction of sp³-hybridized carbons (Fsp3) is 0. The summed E-state index contributed by atoms with van der Waals surface area (Å²) in [6.07, 6.45) is 0. The molecule has 0 amide bonds. The molecule has 0 heteroatoms. The van der Waals surface area contributed by atoms with Gasteiger partial charge in [0.25, 0.3) is 0 Å². The lowest BCUT2D eigenvalue weighted by molar-refractivity contribution is 1.56. The molecule has 0 saturated heterocycles. The Balaban J connectivity index is 1.36. The van der Waals surface area contributed by atoms with E-state index in [4.69, 9.17) is 0 Å². The molecular weight excluding hydrogens is 480 g/mol. The second-order valence-corrected chi connectivity index (χ2v) is 10.4. The predicted octanol–water partition coefficient (Wildman–Crippen LogP) is 11.2. The normalized spacial score (nSPS) is 11.5. The highest BCUT2D eigenvalue weighted by atomic mass is 14.3.